The number of hydrogen-bond acceptors (Lipinski definition) is 3. The maximum Gasteiger partial charge on any atom is 0.148 e. The highest BCUT2D eigenvalue weighted by Crippen LogP contribution is 2.13. The Morgan fingerprint density at radius 3 is 2.75 bits per heavy atom. The van der Waals surface area contributed by atoms with E-state index in [1.54, 1.807) is 0 Å². The van der Waals surface area contributed by atoms with E-state index in [2.05, 4.69) is 54.0 Å². The summed E-state index contributed by atoms with van der Waals surface area (Å²) >= 11 is 0. The quantitative estimate of drug-likeness (QED) is 0.843. The Morgan fingerprint density at radius 2 is 2.05 bits per heavy atom. The van der Waals surface area contributed by atoms with Crippen molar-refractivity contribution in [1.82, 2.24) is 19.6 Å². The van der Waals surface area contributed by atoms with Crippen LogP contribution in [0.2, 0.25) is 0 Å². The maximum atomic E-state index is 4.55. The lowest BCUT2D eigenvalue weighted by atomic mass is 10.2. The highest BCUT2D eigenvalue weighted by molar-refractivity contribution is 5.33. The monoisotopic (exact) mass is 275 g/mol. The molecule has 5 nitrogen and oxygen atoms in total. The van der Waals surface area contributed by atoms with Crippen LogP contribution in [0.3, 0.4) is 0 Å². The first-order valence-electron chi connectivity index (χ1n) is 7.39. The van der Waals surface area contributed by atoms with E-state index in [4.69, 9.17) is 0 Å². The van der Waals surface area contributed by atoms with Crippen LogP contribution in [0, 0.1) is 5.92 Å². The molecule has 0 amide bonds. The van der Waals surface area contributed by atoms with Gasteiger partial charge in [0.15, 0.2) is 0 Å². The summed E-state index contributed by atoms with van der Waals surface area (Å²) in [7, 11) is 0. The maximum absolute atomic E-state index is 4.55. The van der Waals surface area contributed by atoms with Crippen LogP contribution in [0.4, 0.5) is 5.82 Å². The first-order valence-corrected chi connectivity index (χ1v) is 7.39. The van der Waals surface area contributed by atoms with E-state index in [0.717, 1.165) is 25.3 Å². The lowest BCUT2D eigenvalue weighted by molar-refractivity contribution is 0.469. The number of anilines is 1. The molecule has 0 aliphatic rings. The minimum Gasteiger partial charge on any atom is -0.363 e. The van der Waals surface area contributed by atoms with E-state index < -0.39 is 0 Å². The molecule has 0 unspecified atom stereocenters. The summed E-state index contributed by atoms with van der Waals surface area (Å²) in [4.78, 5) is 0. The third-order valence-electron chi connectivity index (χ3n) is 3.44. The van der Waals surface area contributed by atoms with Gasteiger partial charge in [0, 0.05) is 31.0 Å². The van der Waals surface area contributed by atoms with Crippen molar-refractivity contribution in [1.29, 1.82) is 0 Å². The zero-order valence-corrected chi connectivity index (χ0v) is 12.9. The third kappa shape index (κ3) is 3.62. The molecule has 1 atom stereocenters. The number of aromatic nitrogens is 4. The van der Waals surface area contributed by atoms with Gasteiger partial charge in [-0.05, 0) is 25.3 Å². The molecule has 0 radical (unpaired) electrons. The highest BCUT2D eigenvalue weighted by Gasteiger charge is 2.07. The zero-order valence-electron chi connectivity index (χ0n) is 12.9. The van der Waals surface area contributed by atoms with E-state index in [-0.39, 0.29) is 0 Å². The largest absolute Gasteiger partial charge is 0.363 e. The van der Waals surface area contributed by atoms with Gasteiger partial charge in [0.05, 0.1) is 12.2 Å². The van der Waals surface area contributed by atoms with Crippen molar-refractivity contribution in [2.24, 2.45) is 5.92 Å². The molecule has 20 heavy (non-hydrogen) atoms. The lowest BCUT2D eigenvalue weighted by Crippen LogP contribution is -2.13. The second-order valence-corrected chi connectivity index (χ2v) is 5.69. The van der Waals surface area contributed by atoms with E-state index in [1.807, 2.05) is 23.1 Å². The van der Waals surface area contributed by atoms with E-state index in [1.165, 1.54) is 5.69 Å². The normalized spacial score (nSPS) is 12.8. The van der Waals surface area contributed by atoms with Crippen LogP contribution in [0.25, 0.3) is 0 Å². The van der Waals surface area contributed by atoms with Crippen LogP contribution in [0.15, 0.2) is 24.5 Å². The number of rotatable bonds is 7. The summed E-state index contributed by atoms with van der Waals surface area (Å²) in [5, 5.41) is 12.3. The molecule has 0 saturated carbocycles. The summed E-state index contributed by atoms with van der Waals surface area (Å²) in [5.74, 6) is 1.51. The molecular weight excluding hydrogens is 250 g/mol. The van der Waals surface area contributed by atoms with Crippen molar-refractivity contribution in [3.63, 3.8) is 0 Å². The molecule has 2 aromatic rings. The molecule has 1 N–H and O–H groups in total. The fourth-order valence-electron chi connectivity index (χ4n) is 2.07. The molecule has 0 saturated heterocycles. The van der Waals surface area contributed by atoms with Crippen molar-refractivity contribution >= 4 is 5.82 Å². The molecule has 0 bridgehead atoms. The van der Waals surface area contributed by atoms with Crippen molar-refractivity contribution in [3.05, 3.63) is 30.2 Å². The predicted octanol–water partition coefficient (Wildman–Crippen LogP) is 3.32. The topological polar surface area (TPSA) is 47.7 Å². The Labute approximate surface area is 121 Å². The van der Waals surface area contributed by atoms with Gasteiger partial charge in [0.25, 0.3) is 0 Å². The number of nitrogens with zero attached hydrogens (tertiary/aromatic N) is 4. The van der Waals surface area contributed by atoms with Crippen LogP contribution >= 0.6 is 0 Å². The Kier molecular flexibility index (Phi) is 4.82. The van der Waals surface area contributed by atoms with Gasteiger partial charge in [-0.15, -0.1) is 0 Å². The Bertz CT molecular complexity index is 526. The fourth-order valence-corrected chi connectivity index (χ4v) is 2.07. The van der Waals surface area contributed by atoms with E-state index >= 15 is 0 Å². The smallest absolute Gasteiger partial charge is 0.148 e. The molecule has 0 aliphatic carbocycles. The number of hydrogen-bond donors (Lipinski definition) is 1. The second-order valence-electron chi connectivity index (χ2n) is 5.69. The molecule has 2 heterocycles. The lowest BCUT2D eigenvalue weighted by Gasteiger charge is -2.11. The Hall–Kier alpha value is -1.78. The molecular formula is C15H25N5. The van der Waals surface area contributed by atoms with E-state index in [9.17, 15) is 0 Å². The van der Waals surface area contributed by atoms with Gasteiger partial charge in [-0.25, -0.2) is 0 Å². The van der Waals surface area contributed by atoms with E-state index in [0.29, 0.717) is 12.0 Å². The molecule has 0 aliphatic heterocycles. The van der Waals surface area contributed by atoms with Gasteiger partial charge in [-0.3, -0.25) is 9.36 Å². The summed E-state index contributed by atoms with van der Waals surface area (Å²) in [6.07, 6.45) is 4.97. The molecule has 0 spiro atoms. The fraction of sp³-hybridized carbons (Fsp3) is 0.600. The molecule has 2 rings (SSSR count). The molecule has 5 heteroatoms. The molecule has 2 aromatic heterocycles. The first kappa shape index (κ1) is 14.6. The van der Waals surface area contributed by atoms with Gasteiger partial charge in [0.1, 0.15) is 5.82 Å². The summed E-state index contributed by atoms with van der Waals surface area (Å²) in [6.45, 7) is 10.5. The van der Waals surface area contributed by atoms with Crippen molar-refractivity contribution in [2.45, 2.75) is 53.2 Å². The van der Waals surface area contributed by atoms with Crippen molar-refractivity contribution in [3.8, 4) is 0 Å². The predicted molar refractivity (Wildman–Crippen MR) is 81.6 cm³/mol. The van der Waals surface area contributed by atoms with Crippen LogP contribution in [-0.4, -0.2) is 19.6 Å². The molecule has 110 valence electrons. The second kappa shape index (κ2) is 6.59. The SMILES string of the molecule is CC[C@@H](C)n1ccc(NCc2ccnn2CC(C)C)n1. The van der Waals surface area contributed by atoms with Crippen LogP contribution in [0.1, 0.15) is 45.9 Å². The minimum absolute atomic E-state index is 0.442. The number of nitrogens with one attached hydrogen (secondary N) is 1. The van der Waals surface area contributed by atoms with Gasteiger partial charge in [0.2, 0.25) is 0 Å². The molecule has 0 aromatic carbocycles. The summed E-state index contributed by atoms with van der Waals surface area (Å²) in [5.41, 5.74) is 1.19. The summed E-state index contributed by atoms with van der Waals surface area (Å²) in [6, 6.07) is 4.52. The zero-order chi connectivity index (χ0) is 14.5. The first-order chi connectivity index (χ1) is 9.60. The molecule has 0 fully saturated rings. The van der Waals surface area contributed by atoms with Gasteiger partial charge >= 0.3 is 0 Å². The standard InChI is InChI=1S/C15H25N5/c1-5-13(4)19-9-7-15(18-19)16-10-14-6-8-17-20(14)11-12(2)3/h6-9,12-13H,5,10-11H2,1-4H3,(H,16,18)/t13-/m1/s1. The van der Waals surface area contributed by atoms with Gasteiger partial charge in [-0.1, -0.05) is 20.8 Å². The minimum atomic E-state index is 0.442. The average molecular weight is 275 g/mol. The van der Waals surface area contributed by atoms with Crippen LogP contribution in [-0.2, 0) is 13.1 Å². The summed E-state index contributed by atoms with van der Waals surface area (Å²) < 4.78 is 4.07. The Morgan fingerprint density at radius 1 is 1.25 bits per heavy atom. The Balaban J connectivity index is 1.95. The van der Waals surface area contributed by atoms with Crippen molar-refractivity contribution in [2.75, 3.05) is 5.32 Å². The van der Waals surface area contributed by atoms with Crippen LogP contribution in [0.5, 0.6) is 0 Å². The van der Waals surface area contributed by atoms with Crippen molar-refractivity contribution < 1.29 is 0 Å². The average Bonchev–Trinajstić information content (AvgIpc) is 3.04. The van der Waals surface area contributed by atoms with Gasteiger partial charge in [-0.2, -0.15) is 10.2 Å². The third-order valence-corrected chi connectivity index (χ3v) is 3.44. The highest BCUT2D eigenvalue weighted by atomic mass is 15.3. The van der Waals surface area contributed by atoms with Crippen LogP contribution < -0.4 is 5.32 Å². The van der Waals surface area contributed by atoms with Gasteiger partial charge < -0.3 is 5.32 Å².